The zero-order valence-electron chi connectivity index (χ0n) is 13.4. The lowest BCUT2D eigenvalue weighted by Gasteiger charge is -2.19. The number of para-hydroxylation sites is 1. The first kappa shape index (κ1) is 15.1. The monoisotopic (exact) mass is 272 g/mol. The van der Waals surface area contributed by atoms with Gasteiger partial charge in [-0.25, -0.2) is 0 Å². The lowest BCUT2D eigenvalue weighted by atomic mass is 9.92. The van der Waals surface area contributed by atoms with Crippen LogP contribution in [0.5, 0.6) is 0 Å². The van der Waals surface area contributed by atoms with Gasteiger partial charge in [0.05, 0.1) is 5.52 Å². The molecule has 0 amide bonds. The maximum absolute atomic E-state index is 3.52. The highest BCUT2D eigenvalue weighted by Gasteiger charge is 2.12. The molecule has 0 atom stereocenters. The van der Waals surface area contributed by atoms with Gasteiger partial charge in [0.15, 0.2) is 0 Å². The summed E-state index contributed by atoms with van der Waals surface area (Å²) >= 11 is 0. The van der Waals surface area contributed by atoms with Gasteiger partial charge >= 0.3 is 0 Å². The summed E-state index contributed by atoms with van der Waals surface area (Å²) in [6.45, 7) is 12.3. The number of nitrogens with zero attached hydrogens (tertiary/aromatic N) is 1. The first-order valence-electron chi connectivity index (χ1n) is 7.79. The lowest BCUT2D eigenvalue weighted by molar-refractivity contribution is 0.353. The van der Waals surface area contributed by atoms with Crippen molar-refractivity contribution in [3.63, 3.8) is 0 Å². The normalized spacial score (nSPS) is 12.2. The van der Waals surface area contributed by atoms with Gasteiger partial charge in [0.25, 0.3) is 0 Å². The largest absolute Gasteiger partial charge is 0.347 e. The van der Waals surface area contributed by atoms with Gasteiger partial charge in [-0.15, -0.1) is 0 Å². The van der Waals surface area contributed by atoms with E-state index in [1.165, 1.54) is 29.3 Å². The molecule has 0 fully saturated rings. The second-order valence-corrected chi connectivity index (χ2v) is 6.85. The van der Waals surface area contributed by atoms with E-state index < -0.39 is 0 Å². The molecule has 0 unspecified atom stereocenters. The smallest absolute Gasteiger partial charge is 0.0525 e. The molecule has 2 aromatic rings. The second-order valence-electron chi connectivity index (χ2n) is 6.85. The number of aromatic nitrogens is 1. The minimum atomic E-state index is 0.381. The highest BCUT2D eigenvalue weighted by Crippen LogP contribution is 2.24. The fourth-order valence-electron chi connectivity index (χ4n) is 2.53. The Morgan fingerprint density at radius 1 is 1.15 bits per heavy atom. The van der Waals surface area contributed by atoms with Crippen LogP contribution in [0.4, 0.5) is 0 Å². The third-order valence-electron chi connectivity index (χ3n) is 3.72. The maximum atomic E-state index is 3.52. The minimum absolute atomic E-state index is 0.381. The molecule has 0 aliphatic heterocycles. The molecule has 2 rings (SSSR count). The standard InChI is InChI=1S/C18H28N2/c1-5-11-19-14-16-8-6-7-15-9-12-20(17(15)16)13-10-18(2,3)4/h6-9,12,19H,5,10-11,13-14H2,1-4H3. The Hall–Kier alpha value is -1.28. The molecule has 2 heteroatoms. The number of fused-ring (bicyclic) bond motifs is 1. The summed E-state index contributed by atoms with van der Waals surface area (Å²) < 4.78 is 2.42. The van der Waals surface area contributed by atoms with Gasteiger partial charge in [0.2, 0.25) is 0 Å². The van der Waals surface area contributed by atoms with Gasteiger partial charge in [0, 0.05) is 19.3 Å². The molecule has 1 N–H and O–H groups in total. The zero-order valence-corrected chi connectivity index (χ0v) is 13.4. The molecule has 0 aliphatic rings. The van der Waals surface area contributed by atoms with Crippen molar-refractivity contribution in [2.45, 2.75) is 53.6 Å². The summed E-state index contributed by atoms with van der Waals surface area (Å²) in [5, 5.41) is 4.88. The van der Waals surface area contributed by atoms with Gasteiger partial charge < -0.3 is 9.88 Å². The number of benzene rings is 1. The summed E-state index contributed by atoms with van der Waals surface area (Å²) in [6, 6.07) is 8.87. The second kappa shape index (κ2) is 6.45. The summed E-state index contributed by atoms with van der Waals surface area (Å²) in [7, 11) is 0. The zero-order chi connectivity index (χ0) is 14.6. The van der Waals surface area contributed by atoms with Gasteiger partial charge in [0.1, 0.15) is 0 Å². The molecule has 1 aromatic heterocycles. The third kappa shape index (κ3) is 3.86. The molecule has 2 nitrogen and oxygen atoms in total. The summed E-state index contributed by atoms with van der Waals surface area (Å²) in [5.41, 5.74) is 3.20. The predicted octanol–water partition coefficient (Wildman–Crippen LogP) is 4.58. The van der Waals surface area contributed by atoms with E-state index in [-0.39, 0.29) is 0 Å². The third-order valence-corrected chi connectivity index (χ3v) is 3.72. The first-order chi connectivity index (χ1) is 9.51. The van der Waals surface area contributed by atoms with E-state index in [2.05, 4.69) is 68.0 Å². The molecule has 0 saturated heterocycles. The number of aryl methyl sites for hydroxylation is 1. The van der Waals surface area contributed by atoms with Crippen LogP contribution in [-0.2, 0) is 13.1 Å². The fraction of sp³-hybridized carbons (Fsp3) is 0.556. The van der Waals surface area contributed by atoms with Crippen LogP contribution in [0.15, 0.2) is 30.5 Å². The molecule has 110 valence electrons. The lowest BCUT2D eigenvalue weighted by Crippen LogP contribution is -2.15. The van der Waals surface area contributed by atoms with Crippen molar-refractivity contribution >= 4 is 10.9 Å². The molecule has 0 radical (unpaired) electrons. The Morgan fingerprint density at radius 2 is 1.95 bits per heavy atom. The minimum Gasteiger partial charge on any atom is -0.347 e. The van der Waals surface area contributed by atoms with E-state index in [1.54, 1.807) is 0 Å². The van der Waals surface area contributed by atoms with Crippen LogP contribution in [0.25, 0.3) is 10.9 Å². The van der Waals surface area contributed by atoms with Crippen LogP contribution in [0.3, 0.4) is 0 Å². The van der Waals surface area contributed by atoms with E-state index in [0.717, 1.165) is 19.6 Å². The van der Waals surface area contributed by atoms with Gasteiger partial charge in [-0.3, -0.25) is 0 Å². The molecule has 0 bridgehead atoms. The molecule has 1 aromatic carbocycles. The van der Waals surface area contributed by atoms with E-state index in [9.17, 15) is 0 Å². The van der Waals surface area contributed by atoms with E-state index >= 15 is 0 Å². The van der Waals surface area contributed by atoms with E-state index in [1.807, 2.05) is 0 Å². The van der Waals surface area contributed by atoms with Crippen LogP contribution in [0, 0.1) is 5.41 Å². The molecule has 0 saturated carbocycles. The summed E-state index contributed by atoms with van der Waals surface area (Å²) in [6.07, 6.45) is 4.62. The Morgan fingerprint density at radius 3 is 2.65 bits per heavy atom. The highest BCUT2D eigenvalue weighted by atomic mass is 15.0. The van der Waals surface area contributed by atoms with Crippen LogP contribution in [-0.4, -0.2) is 11.1 Å². The number of hydrogen-bond acceptors (Lipinski definition) is 1. The summed E-state index contributed by atoms with van der Waals surface area (Å²) in [5.74, 6) is 0. The van der Waals surface area contributed by atoms with Crippen LogP contribution in [0.1, 0.15) is 46.1 Å². The number of rotatable bonds is 6. The average molecular weight is 272 g/mol. The Kier molecular flexibility index (Phi) is 4.87. The van der Waals surface area contributed by atoms with Crippen molar-refractivity contribution in [3.05, 3.63) is 36.0 Å². The van der Waals surface area contributed by atoms with Crippen molar-refractivity contribution in [2.75, 3.05) is 6.54 Å². The molecule has 0 aliphatic carbocycles. The van der Waals surface area contributed by atoms with Crippen molar-refractivity contribution in [1.82, 2.24) is 9.88 Å². The van der Waals surface area contributed by atoms with Crippen molar-refractivity contribution in [2.24, 2.45) is 5.41 Å². The molecular formula is C18H28N2. The number of hydrogen-bond donors (Lipinski definition) is 1. The molecule has 20 heavy (non-hydrogen) atoms. The Bertz CT molecular complexity index is 546. The van der Waals surface area contributed by atoms with Gasteiger partial charge in [-0.05, 0) is 41.8 Å². The maximum Gasteiger partial charge on any atom is 0.0525 e. The van der Waals surface area contributed by atoms with Crippen LogP contribution in [0.2, 0.25) is 0 Å². The Balaban J connectivity index is 2.22. The highest BCUT2D eigenvalue weighted by molar-refractivity contribution is 5.83. The van der Waals surface area contributed by atoms with Crippen LogP contribution < -0.4 is 5.32 Å². The summed E-state index contributed by atoms with van der Waals surface area (Å²) in [4.78, 5) is 0. The quantitative estimate of drug-likeness (QED) is 0.762. The van der Waals surface area contributed by atoms with E-state index in [0.29, 0.717) is 5.41 Å². The Labute approximate surface area is 123 Å². The SMILES string of the molecule is CCCNCc1cccc2ccn(CCC(C)(C)C)c12. The average Bonchev–Trinajstić information content (AvgIpc) is 2.80. The molecule has 0 spiro atoms. The van der Waals surface area contributed by atoms with Crippen molar-refractivity contribution in [1.29, 1.82) is 0 Å². The number of nitrogens with one attached hydrogen (secondary N) is 1. The first-order valence-corrected chi connectivity index (χ1v) is 7.79. The molecular weight excluding hydrogens is 244 g/mol. The van der Waals surface area contributed by atoms with E-state index in [4.69, 9.17) is 0 Å². The predicted molar refractivity (Wildman–Crippen MR) is 88.0 cm³/mol. The topological polar surface area (TPSA) is 17.0 Å². The molecule has 1 heterocycles. The van der Waals surface area contributed by atoms with Crippen LogP contribution >= 0.6 is 0 Å². The van der Waals surface area contributed by atoms with Gasteiger partial charge in [-0.2, -0.15) is 0 Å². The fourth-order valence-corrected chi connectivity index (χ4v) is 2.53. The van der Waals surface area contributed by atoms with Crippen molar-refractivity contribution < 1.29 is 0 Å². The van der Waals surface area contributed by atoms with Crippen molar-refractivity contribution in [3.8, 4) is 0 Å². The van der Waals surface area contributed by atoms with Gasteiger partial charge in [-0.1, -0.05) is 45.9 Å².